The SMILES string of the molecule is CC([NH2+]CCc1ccccn1)C(O)c1ccccc1.[Cl-]. The van der Waals surface area contributed by atoms with Crippen molar-refractivity contribution >= 4 is 0 Å². The third kappa shape index (κ3) is 4.93. The molecule has 0 radical (unpaired) electrons. The number of nitrogens with zero attached hydrogens (tertiary/aromatic N) is 1. The van der Waals surface area contributed by atoms with Gasteiger partial charge >= 0.3 is 0 Å². The van der Waals surface area contributed by atoms with Crippen LogP contribution in [0.15, 0.2) is 54.7 Å². The van der Waals surface area contributed by atoms with E-state index in [1.807, 2.05) is 54.7 Å². The molecular formula is C16H21ClN2O. The molecule has 0 bridgehead atoms. The number of benzene rings is 1. The van der Waals surface area contributed by atoms with E-state index in [-0.39, 0.29) is 18.4 Å². The Labute approximate surface area is 126 Å². The highest BCUT2D eigenvalue weighted by Gasteiger charge is 2.18. The fourth-order valence-electron chi connectivity index (χ4n) is 2.12. The molecule has 0 aliphatic rings. The van der Waals surface area contributed by atoms with Crippen LogP contribution < -0.4 is 17.7 Å². The summed E-state index contributed by atoms with van der Waals surface area (Å²) in [6, 6.07) is 15.9. The van der Waals surface area contributed by atoms with Gasteiger partial charge in [-0.05, 0) is 24.6 Å². The molecule has 2 aromatic rings. The van der Waals surface area contributed by atoms with E-state index in [9.17, 15) is 5.11 Å². The highest BCUT2D eigenvalue weighted by atomic mass is 35.5. The van der Waals surface area contributed by atoms with Gasteiger partial charge in [0.15, 0.2) is 0 Å². The van der Waals surface area contributed by atoms with Gasteiger partial charge in [0.1, 0.15) is 12.1 Å². The van der Waals surface area contributed by atoms with Crippen molar-refractivity contribution in [3.05, 3.63) is 66.0 Å². The van der Waals surface area contributed by atoms with Crippen LogP contribution in [0.25, 0.3) is 0 Å². The Hall–Kier alpha value is -1.42. The number of rotatable bonds is 6. The van der Waals surface area contributed by atoms with E-state index in [4.69, 9.17) is 0 Å². The van der Waals surface area contributed by atoms with Gasteiger partial charge in [-0.2, -0.15) is 0 Å². The lowest BCUT2D eigenvalue weighted by Crippen LogP contribution is -3.00. The molecule has 1 aromatic heterocycles. The number of aliphatic hydroxyl groups excluding tert-OH is 1. The molecule has 4 heteroatoms. The molecule has 0 aliphatic carbocycles. The van der Waals surface area contributed by atoms with Crippen LogP contribution in [0.4, 0.5) is 0 Å². The summed E-state index contributed by atoms with van der Waals surface area (Å²) in [5, 5.41) is 12.4. The molecule has 3 N–H and O–H groups in total. The Kier molecular flexibility index (Phi) is 7.23. The largest absolute Gasteiger partial charge is 1.00 e. The normalized spacial score (nSPS) is 13.3. The van der Waals surface area contributed by atoms with Crippen LogP contribution in [-0.2, 0) is 6.42 Å². The molecule has 0 amide bonds. The average Bonchev–Trinajstić information content (AvgIpc) is 2.48. The summed E-state index contributed by atoms with van der Waals surface area (Å²) in [5.41, 5.74) is 2.07. The lowest BCUT2D eigenvalue weighted by molar-refractivity contribution is -0.694. The Morgan fingerprint density at radius 1 is 1.10 bits per heavy atom. The summed E-state index contributed by atoms with van der Waals surface area (Å²) < 4.78 is 0. The minimum Gasteiger partial charge on any atom is -1.00 e. The van der Waals surface area contributed by atoms with E-state index >= 15 is 0 Å². The number of hydrogen-bond acceptors (Lipinski definition) is 2. The Bertz CT molecular complexity index is 478. The molecule has 0 spiro atoms. The first-order valence-electron chi connectivity index (χ1n) is 6.73. The van der Waals surface area contributed by atoms with Crippen molar-refractivity contribution in [3.8, 4) is 0 Å². The standard InChI is InChI=1S/C16H20N2O.ClH/c1-13(16(19)14-7-3-2-4-8-14)17-12-10-15-9-5-6-11-18-15;/h2-9,11,13,16-17,19H,10,12H2,1H3;1H. The molecule has 2 unspecified atom stereocenters. The summed E-state index contributed by atoms with van der Waals surface area (Å²) in [6.07, 6.45) is 2.31. The van der Waals surface area contributed by atoms with Crippen molar-refractivity contribution in [3.63, 3.8) is 0 Å². The van der Waals surface area contributed by atoms with Gasteiger partial charge in [0.05, 0.1) is 6.54 Å². The molecule has 0 fully saturated rings. The molecule has 20 heavy (non-hydrogen) atoms. The molecule has 0 saturated heterocycles. The van der Waals surface area contributed by atoms with Gasteiger partial charge in [-0.15, -0.1) is 0 Å². The second kappa shape index (κ2) is 8.69. The first-order chi connectivity index (χ1) is 9.27. The van der Waals surface area contributed by atoms with Crippen molar-refractivity contribution in [2.75, 3.05) is 6.54 Å². The van der Waals surface area contributed by atoms with Crippen LogP contribution in [0.1, 0.15) is 24.3 Å². The fourth-order valence-corrected chi connectivity index (χ4v) is 2.12. The Morgan fingerprint density at radius 3 is 2.45 bits per heavy atom. The van der Waals surface area contributed by atoms with Gasteiger partial charge < -0.3 is 22.8 Å². The van der Waals surface area contributed by atoms with Crippen molar-refractivity contribution in [2.45, 2.75) is 25.5 Å². The van der Waals surface area contributed by atoms with Crippen LogP contribution in [0.5, 0.6) is 0 Å². The first-order valence-corrected chi connectivity index (χ1v) is 6.73. The highest BCUT2D eigenvalue weighted by molar-refractivity contribution is 5.17. The first kappa shape index (κ1) is 16.6. The average molecular weight is 293 g/mol. The molecule has 0 saturated carbocycles. The minimum absolute atomic E-state index is 0. The van der Waals surface area contributed by atoms with E-state index in [1.54, 1.807) is 0 Å². The summed E-state index contributed by atoms with van der Waals surface area (Å²) in [5.74, 6) is 0. The van der Waals surface area contributed by atoms with Gasteiger partial charge in [0.2, 0.25) is 0 Å². The zero-order valence-corrected chi connectivity index (χ0v) is 12.4. The summed E-state index contributed by atoms with van der Waals surface area (Å²) in [7, 11) is 0. The van der Waals surface area contributed by atoms with E-state index in [0.717, 1.165) is 24.2 Å². The number of aromatic nitrogens is 1. The molecule has 1 heterocycles. The molecule has 108 valence electrons. The van der Waals surface area contributed by atoms with Crippen LogP contribution in [0.3, 0.4) is 0 Å². The second-order valence-electron chi connectivity index (χ2n) is 4.81. The summed E-state index contributed by atoms with van der Waals surface area (Å²) in [6.45, 7) is 2.98. The maximum atomic E-state index is 10.2. The summed E-state index contributed by atoms with van der Waals surface area (Å²) >= 11 is 0. The van der Waals surface area contributed by atoms with Crippen LogP contribution >= 0.6 is 0 Å². The van der Waals surface area contributed by atoms with Crippen LogP contribution in [0.2, 0.25) is 0 Å². The van der Waals surface area contributed by atoms with Crippen molar-refractivity contribution in [1.82, 2.24) is 4.98 Å². The number of aliphatic hydroxyl groups is 1. The van der Waals surface area contributed by atoms with E-state index < -0.39 is 6.10 Å². The number of quaternary nitrogens is 1. The van der Waals surface area contributed by atoms with Crippen molar-refractivity contribution in [2.24, 2.45) is 0 Å². The molecule has 0 aliphatic heterocycles. The topological polar surface area (TPSA) is 49.7 Å². The molecule has 1 aromatic carbocycles. The molecule has 2 atom stereocenters. The minimum atomic E-state index is -0.426. The molecule has 2 rings (SSSR count). The van der Waals surface area contributed by atoms with E-state index in [2.05, 4.69) is 17.2 Å². The zero-order valence-electron chi connectivity index (χ0n) is 11.6. The second-order valence-corrected chi connectivity index (χ2v) is 4.81. The lowest BCUT2D eigenvalue weighted by atomic mass is 10.0. The van der Waals surface area contributed by atoms with Crippen molar-refractivity contribution in [1.29, 1.82) is 0 Å². The van der Waals surface area contributed by atoms with Gasteiger partial charge in [-0.1, -0.05) is 36.4 Å². The number of pyridine rings is 1. The number of halogens is 1. The fraction of sp³-hybridized carbons (Fsp3) is 0.312. The maximum absolute atomic E-state index is 10.2. The number of nitrogens with two attached hydrogens (primary N) is 1. The van der Waals surface area contributed by atoms with Gasteiger partial charge in [0.25, 0.3) is 0 Å². The lowest BCUT2D eigenvalue weighted by Gasteiger charge is -2.17. The van der Waals surface area contributed by atoms with E-state index in [0.29, 0.717) is 0 Å². The number of hydrogen-bond donors (Lipinski definition) is 2. The third-order valence-electron chi connectivity index (χ3n) is 3.30. The summed E-state index contributed by atoms with van der Waals surface area (Å²) in [4.78, 5) is 4.30. The maximum Gasteiger partial charge on any atom is 0.130 e. The molecular weight excluding hydrogens is 272 g/mol. The van der Waals surface area contributed by atoms with Crippen LogP contribution in [-0.4, -0.2) is 22.7 Å². The third-order valence-corrected chi connectivity index (χ3v) is 3.30. The zero-order chi connectivity index (χ0) is 13.5. The monoisotopic (exact) mass is 292 g/mol. The Morgan fingerprint density at radius 2 is 1.80 bits per heavy atom. The van der Waals surface area contributed by atoms with Crippen molar-refractivity contribution < 1.29 is 22.8 Å². The van der Waals surface area contributed by atoms with E-state index in [1.165, 1.54) is 0 Å². The van der Waals surface area contributed by atoms with Gasteiger partial charge in [-0.25, -0.2) is 0 Å². The quantitative estimate of drug-likeness (QED) is 0.668. The van der Waals surface area contributed by atoms with Gasteiger partial charge in [-0.3, -0.25) is 4.98 Å². The van der Waals surface area contributed by atoms with Crippen LogP contribution in [0, 0.1) is 0 Å². The highest BCUT2D eigenvalue weighted by Crippen LogP contribution is 2.13. The predicted octanol–water partition coefficient (Wildman–Crippen LogP) is -1.69. The molecule has 3 nitrogen and oxygen atoms in total. The smallest absolute Gasteiger partial charge is 0.130 e. The predicted molar refractivity (Wildman–Crippen MR) is 75.6 cm³/mol. The Balaban J connectivity index is 0.00000200. The van der Waals surface area contributed by atoms with Gasteiger partial charge in [0, 0.05) is 18.3 Å².